The van der Waals surface area contributed by atoms with Crippen molar-refractivity contribution >= 4 is 6.41 Å². The summed E-state index contributed by atoms with van der Waals surface area (Å²) in [6, 6.07) is 0. The summed E-state index contributed by atoms with van der Waals surface area (Å²) in [5.41, 5.74) is 0. The van der Waals surface area contributed by atoms with Crippen molar-refractivity contribution in [2.75, 3.05) is 7.05 Å². The molecule has 1 amide bonds. The van der Waals surface area contributed by atoms with Gasteiger partial charge in [-0.15, -0.1) is 0 Å². The molecule has 0 spiro atoms. The Labute approximate surface area is 146 Å². The van der Waals surface area contributed by atoms with Crippen LogP contribution in [-0.2, 0) is 70.2 Å². The van der Waals surface area contributed by atoms with Crippen LogP contribution in [0, 0.1) is 60.0 Å². The van der Waals surface area contributed by atoms with Crippen LogP contribution in [0.5, 0.6) is 0 Å². The van der Waals surface area contributed by atoms with Gasteiger partial charge >= 0.3 is 32.7 Å². The predicted molar refractivity (Wildman–Crippen MR) is 34.0 cm³/mol. The molecule has 0 aliphatic heterocycles. The molecule has 59 valence electrons. The van der Waals surface area contributed by atoms with Gasteiger partial charge in [-0.25, -0.2) is 0 Å². The molecule has 0 aromatic rings. The molecule has 0 bridgehead atoms. The maximum Gasteiger partial charge on any atom is 3.00 e. The number of carbonyl (C=O) groups excluding carboxylic acids is 1. The summed E-state index contributed by atoms with van der Waals surface area (Å²) >= 11 is 0. The Balaban J connectivity index is -0.00000000300. The first-order valence-corrected chi connectivity index (χ1v) is 0.954. The molecular weight excluding hydrogens is 308 g/mol. The van der Waals surface area contributed by atoms with E-state index in [1.807, 2.05) is 0 Å². The van der Waals surface area contributed by atoms with Crippen LogP contribution in [0.1, 0.15) is 0 Å². The van der Waals surface area contributed by atoms with Crippen LogP contribution in [0.25, 0.3) is 0 Å². The molecular formula is C5H13ArNOY2-. The molecule has 0 atom stereocenters. The van der Waals surface area contributed by atoms with Crippen molar-refractivity contribution in [3.05, 3.63) is 22.3 Å². The van der Waals surface area contributed by atoms with E-state index in [0.29, 0.717) is 0 Å². The number of nitrogens with one attached hydrogen (secondary N) is 1. The van der Waals surface area contributed by atoms with Crippen molar-refractivity contribution in [2.24, 2.45) is 0 Å². The smallest absolute Gasteiger partial charge is 0.532 e. The van der Waals surface area contributed by atoms with Crippen LogP contribution < -0.4 is 5.32 Å². The zero-order chi connectivity index (χ0) is 3.41. The second-order valence-electron chi connectivity index (χ2n) is 0.352. The fourth-order valence-electron chi connectivity index (χ4n) is 0. The normalized spacial score (nSPS) is 2.10. The van der Waals surface area contributed by atoms with Gasteiger partial charge in [-0.05, 0) is 7.05 Å². The van der Waals surface area contributed by atoms with E-state index in [0.717, 1.165) is 0 Å². The van der Waals surface area contributed by atoms with Crippen molar-refractivity contribution in [3.63, 3.8) is 0 Å². The second-order valence-corrected chi connectivity index (χ2v) is 0.352. The minimum absolute atomic E-state index is 0. The summed E-state index contributed by atoms with van der Waals surface area (Å²) < 4.78 is 0. The third kappa shape index (κ3) is 69.7. The summed E-state index contributed by atoms with van der Waals surface area (Å²) in [4.78, 5) is 8.94. The van der Waals surface area contributed by atoms with E-state index >= 15 is 0 Å². The first-order valence-electron chi connectivity index (χ1n) is 0.954. The van der Waals surface area contributed by atoms with E-state index in [1.54, 1.807) is 0 Å². The van der Waals surface area contributed by atoms with E-state index in [9.17, 15) is 0 Å². The molecule has 0 aromatic carbocycles. The summed E-state index contributed by atoms with van der Waals surface area (Å²) in [5.74, 6) is 0. The van der Waals surface area contributed by atoms with Crippen LogP contribution in [0.4, 0.5) is 0 Å². The second kappa shape index (κ2) is 58.6. The molecule has 0 aliphatic rings. The van der Waals surface area contributed by atoms with E-state index in [-0.39, 0.29) is 125 Å². The summed E-state index contributed by atoms with van der Waals surface area (Å²) in [5, 5.41) is 2.12. The van der Waals surface area contributed by atoms with Gasteiger partial charge in [0, 0.05) is 70.4 Å². The van der Waals surface area contributed by atoms with E-state index < -0.39 is 0 Å². The fourth-order valence-corrected chi connectivity index (χ4v) is 0. The Morgan fingerprint density at radius 2 is 1.30 bits per heavy atom. The minimum atomic E-state index is 0. The maximum absolute atomic E-state index is 8.94. The van der Waals surface area contributed by atoms with Gasteiger partial charge in [-0.3, -0.25) is 0 Å². The zero-order valence-electron chi connectivity index (χ0n) is 6.92. The van der Waals surface area contributed by atoms with Gasteiger partial charge in [0.1, 0.15) is 0 Å². The Bertz CT molecular complexity index is 33.6. The molecule has 0 rings (SSSR count). The summed E-state index contributed by atoms with van der Waals surface area (Å²) in [6.45, 7) is 0. The van der Waals surface area contributed by atoms with Crippen molar-refractivity contribution in [1.29, 1.82) is 0 Å². The number of hydrogen-bond donors (Lipinski definition) is 1. The Morgan fingerprint density at radius 3 is 1.30 bits per heavy atom. The average molecular weight is 321 g/mol. The largest absolute Gasteiger partial charge is 3.00 e. The quantitative estimate of drug-likeness (QED) is 0.557. The molecule has 0 aromatic heterocycles. The molecule has 1 radical (unpaired) electrons. The first kappa shape index (κ1) is 52.3. The molecule has 0 fully saturated rings. The Morgan fingerprint density at radius 1 is 1.20 bits per heavy atom. The number of amides is 1. The van der Waals surface area contributed by atoms with Gasteiger partial charge in [0.25, 0.3) is 0 Å². The van der Waals surface area contributed by atoms with Crippen LogP contribution in [0.2, 0.25) is 0 Å². The first-order chi connectivity index (χ1) is 1.91. The molecule has 1 N–H and O–H groups in total. The Kier molecular flexibility index (Phi) is 306. The van der Waals surface area contributed by atoms with Crippen LogP contribution >= 0.6 is 0 Å². The molecule has 5 heteroatoms. The van der Waals surface area contributed by atoms with Gasteiger partial charge in [-0.1, -0.05) is 0 Å². The molecule has 0 saturated carbocycles. The molecule has 0 aliphatic carbocycles. The van der Waals surface area contributed by atoms with Gasteiger partial charge < -0.3 is 32.4 Å². The Hall–Kier alpha value is 2.94. The predicted octanol–water partition coefficient (Wildman–Crippen LogP) is 0.619. The fraction of sp³-hybridized carbons (Fsp3) is 0.200. The third-order valence-corrected chi connectivity index (χ3v) is 0.102. The van der Waals surface area contributed by atoms with Crippen molar-refractivity contribution in [2.45, 2.75) is 0 Å². The number of rotatable bonds is 1. The molecule has 0 heterocycles. The van der Waals surface area contributed by atoms with Gasteiger partial charge in [0.2, 0.25) is 0 Å². The van der Waals surface area contributed by atoms with Gasteiger partial charge in [-0.2, -0.15) is 6.41 Å². The van der Waals surface area contributed by atoms with Gasteiger partial charge in [0.05, 0.1) is 0 Å². The topological polar surface area (TPSA) is 29.1 Å². The SMILES string of the molecule is CN[C-]=O.[Ar].[CH3-].[CH3-].[CH3-].[Y+3].[Y]. The van der Waals surface area contributed by atoms with E-state index in [2.05, 4.69) is 5.32 Å². The average Bonchev–Trinajstić information content (AvgIpc) is 1.37. The monoisotopic (exact) mass is 321 g/mol. The summed E-state index contributed by atoms with van der Waals surface area (Å²) in [7, 11) is 1.51. The summed E-state index contributed by atoms with van der Waals surface area (Å²) in [6.07, 6.45) is 1.43. The third-order valence-electron chi connectivity index (χ3n) is 0.102. The zero-order valence-corrected chi connectivity index (χ0v) is 13.3. The number of hydrogen-bond acceptors (Lipinski definition) is 1. The van der Waals surface area contributed by atoms with Crippen LogP contribution in [0.3, 0.4) is 0 Å². The molecule has 10 heavy (non-hydrogen) atoms. The molecule has 0 unspecified atom stereocenters. The van der Waals surface area contributed by atoms with E-state index in [1.165, 1.54) is 13.5 Å². The van der Waals surface area contributed by atoms with Gasteiger partial charge in [0.15, 0.2) is 0 Å². The van der Waals surface area contributed by atoms with Crippen LogP contribution in [0.15, 0.2) is 0 Å². The minimum Gasteiger partial charge on any atom is -0.532 e. The van der Waals surface area contributed by atoms with Crippen molar-refractivity contribution in [3.8, 4) is 0 Å². The standard InChI is InChI=1S/C2H4NO.3CH3.Ar.2Y/c1-3-2-4;;;;;;/h1H3,(H,3,4);3*1H3;;;/q4*-1;;;+3. The van der Waals surface area contributed by atoms with Crippen molar-refractivity contribution < 1.29 is 108 Å². The van der Waals surface area contributed by atoms with E-state index in [4.69, 9.17) is 4.79 Å². The van der Waals surface area contributed by atoms with Crippen LogP contribution in [-0.4, -0.2) is 13.5 Å². The maximum atomic E-state index is 8.94. The molecule has 0 saturated heterocycles. The van der Waals surface area contributed by atoms with Crippen molar-refractivity contribution in [1.82, 2.24) is 5.32 Å². The molecule has 2 nitrogen and oxygen atoms in total.